The first-order chi connectivity index (χ1) is 7.72. The van der Waals surface area contributed by atoms with E-state index in [4.69, 9.17) is 11.5 Å². The average Bonchev–Trinajstić information content (AvgIpc) is 2.68. The second-order valence-corrected chi connectivity index (χ2v) is 3.42. The molecule has 0 aromatic carbocycles. The van der Waals surface area contributed by atoms with Crippen LogP contribution in [0, 0.1) is 6.92 Å². The normalized spacial score (nSPS) is 10.6. The molecule has 0 aliphatic rings. The third-order valence-electron chi connectivity index (χ3n) is 2.24. The highest BCUT2D eigenvalue weighted by Crippen LogP contribution is 2.21. The van der Waals surface area contributed by atoms with Crippen molar-refractivity contribution in [3.05, 3.63) is 17.6 Å². The van der Waals surface area contributed by atoms with Gasteiger partial charge in [-0.3, -0.25) is 0 Å². The number of aryl methyl sites for hydroxylation is 1. The Kier molecular flexibility index (Phi) is 2.78. The molecule has 5 N–H and O–H groups in total. The van der Waals surface area contributed by atoms with Crippen molar-refractivity contribution in [2.24, 2.45) is 5.73 Å². The Morgan fingerprint density at radius 2 is 2.19 bits per heavy atom. The van der Waals surface area contributed by atoms with Gasteiger partial charge in [-0.2, -0.15) is 0 Å². The molecule has 7 heteroatoms. The number of nitrogen functional groups attached to an aromatic ring is 1. The van der Waals surface area contributed by atoms with Gasteiger partial charge in [0.25, 0.3) is 0 Å². The van der Waals surface area contributed by atoms with E-state index in [0.29, 0.717) is 24.5 Å². The van der Waals surface area contributed by atoms with Crippen LogP contribution in [0.5, 0.6) is 0 Å². The van der Waals surface area contributed by atoms with E-state index in [1.165, 1.54) is 0 Å². The third kappa shape index (κ3) is 1.84. The van der Waals surface area contributed by atoms with Crippen molar-refractivity contribution in [3.63, 3.8) is 0 Å². The fraction of sp³-hybridized carbons (Fsp3) is 0.333. The van der Waals surface area contributed by atoms with Crippen LogP contribution in [0.1, 0.15) is 11.4 Å². The van der Waals surface area contributed by atoms with Crippen molar-refractivity contribution in [3.8, 4) is 11.4 Å². The first kappa shape index (κ1) is 10.5. The van der Waals surface area contributed by atoms with Gasteiger partial charge < -0.3 is 16.5 Å². The van der Waals surface area contributed by atoms with Crippen LogP contribution < -0.4 is 11.5 Å². The maximum atomic E-state index is 5.75. The van der Waals surface area contributed by atoms with Gasteiger partial charge >= 0.3 is 0 Å². The number of nitrogens with one attached hydrogen (secondary N) is 1. The van der Waals surface area contributed by atoms with Gasteiger partial charge in [-0.25, -0.2) is 4.98 Å². The maximum Gasteiger partial charge on any atom is 0.153 e. The van der Waals surface area contributed by atoms with E-state index in [-0.39, 0.29) is 0 Å². The number of anilines is 1. The van der Waals surface area contributed by atoms with Crippen molar-refractivity contribution in [2.45, 2.75) is 13.3 Å². The van der Waals surface area contributed by atoms with Crippen molar-refractivity contribution in [1.29, 1.82) is 0 Å². The molecule has 0 spiro atoms. The van der Waals surface area contributed by atoms with E-state index >= 15 is 0 Å². The van der Waals surface area contributed by atoms with E-state index in [0.717, 1.165) is 17.1 Å². The number of hydrogen-bond acceptors (Lipinski definition) is 6. The quantitative estimate of drug-likeness (QED) is 0.649. The first-order valence-electron chi connectivity index (χ1n) is 4.92. The number of rotatable bonds is 3. The van der Waals surface area contributed by atoms with Gasteiger partial charge in [0, 0.05) is 5.56 Å². The molecule has 0 amide bonds. The van der Waals surface area contributed by atoms with Crippen molar-refractivity contribution in [1.82, 2.24) is 25.4 Å². The average molecular weight is 219 g/mol. The summed E-state index contributed by atoms with van der Waals surface area (Å²) in [5, 5.41) is 11.3. The lowest BCUT2D eigenvalue weighted by Crippen LogP contribution is -2.10. The smallest absolute Gasteiger partial charge is 0.153 e. The Morgan fingerprint density at radius 1 is 1.38 bits per heavy atom. The Morgan fingerprint density at radius 3 is 2.81 bits per heavy atom. The summed E-state index contributed by atoms with van der Waals surface area (Å²) in [4.78, 5) is 7.19. The summed E-state index contributed by atoms with van der Waals surface area (Å²) in [5.41, 5.74) is 13.5. The van der Waals surface area contributed by atoms with E-state index in [1.807, 2.05) is 6.92 Å². The molecule has 16 heavy (non-hydrogen) atoms. The SMILES string of the molecule is Cc1ncc(-c2nnnc(N)c2CCN)[nH]1. The molecule has 2 aromatic rings. The highest BCUT2D eigenvalue weighted by atomic mass is 15.3. The van der Waals surface area contributed by atoms with Crippen LogP contribution in [-0.2, 0) is 6.42 Å². The van der Waals surface area contributed by atoms with Crippen LogP contribution in [0.3, 0.4) is 0 Å². The fourth-order valence-corrected chi connectivity index (χ4v) is 1.51. The fourth-order valence-electron chi connectivity index (χ4n) is 1.51. The summed E-state index contributed by atoms with van der Waals surface area (Å²) in [6, 6.07) is 0. The topological polar surface area (TPSA) is 119 Å². The molecule has 7 nitrogen and oxygen atoms in total. The zero-order valence-electron chi connectivity index (χ0n) is 8.94. The highest BCUT2D eigenvalue weighted by Gasteiger charge is 2.13. The molecule has 2 heterocycles. The molecule has 2 aromatic heterocycles. The molecule has 0 bridgehead atoms. The molecule has 0 saturated carbocycles. The molecule has 0 saturated heterocycles. The van der Waals surface area contributed by atoms with Gasteiger partial charge in [-0.05, 0) is 25.1 Å². The minimum absolute atomic E-state index is 0.364. The summed E-state index contributed by atoms with van der Waals surface area (Å²) in [7, 11) is 0. The van der Waals surface area contributed by atoms with Crippen molar-refractivity contribution in [2.75, 3.05) is 12.3 Å². The van der Waals surface area contributed by atoms with Gasteiger partial charge in [0.1, 0.15) is 11.5 Å². The maximum absolute atomic E-state index is 5.75. The molecule has 84 valence electrons. The van der Waals surface area contributed by atoms with E-state index < -0.39 is 0 Å². The van der Waals surface area contributed by atoms with E-state index in [1.54, 1.807) is 6.20 Å². The molecular formula is C9H13N7. The predicted octanol–water partition coefficient (Wildman–Crippen LogP) is -0.346. The van der Waals surface area contributed by atoms with Gasteiger partial charge in [-0.1, -0.05) is 0 Å². The lowest BCUT2D eigenvalue weighted by molar-refractivity contribution is 0.841. The first-order valence-corrected chi connectivity index (χ1v) is 4.92. The Bertz CT molecular complexity index is 490. The van der Waals surface area contributed by atoms with E-state index in [9.17, 15) is 0 Å². The molecule has 0 aliphatic carbocycles. The van der Waals surface area contributed by atoms with Crippen LogP contribution in [0.4, 0.5) is 5.82 Å². The standard InChI is InChI=1S/C9H13N7/c1-5-12-4-7(13-5)8-6(2-3-10)9(11)15-16-14-8/h4H,2-3,10H2,1H3,(H,12,13)(H2,11,14,15). The second-order valence-electron chi connectivity index (χ2n) is 3.42. The molecule has 0 aliphatic heterocycles. The summed E-state index contributed by atoms with van der Waals surface area (Å²) >= 11 is 0. The molecule has 0 atom stereocenters. The Labute approximate surface area is 92.3 Å². The molecule has 0 unspecified atom stereocenters. The minimum Gasteiger partial charge on any atom is -0.382 e. The minimum atomic E-state index is 0.364. The van der Waals surface area contributed by atoms with Gasteiger partial charge in [0.2, 0.25) is 0 Å². The second kappa shape index (κ2) is 4.23. The summed E-state index contributed by atoms with van der Waals surface area (Å²) in [6.45, 7) is 2.35. The highest BCUT2D eigenvalue weighted by molar-refractivity contribution is 5.63. The zero-order chi connectivity index (χ0) is 11.5. The zero-order valence-corrected chi connectivity index (χ0v) is 8.94. The van der Waals surface area contributed by atoms with Gasteiger partial charge in [-0.15, -0.1) is 10.2 Å². The molecule has 0 fully saturated rings. The molecular weight excluding hydrogens is 206 g/mol. The van der Waals surface area contributed by atoms with Crippen molar-refractivity contribution >= 4 is 5.82 Å². The third-order valence-corrected chi connectivity index (χ3v) is 2.24. The number of imidazole rings is 1. The monoisotopic (exact) mass is 219 g/mol. The van der Waals surface area contributed by atoms with Crippen LogP contribution in [0.2, 0.25) is 0 Å². The number of nitrogens with two attached hydrogens (primary N) is 2. The summed E-state index contributed by atoms with van der Waals surface area (Å²) in [5.74, 6) is 1.17. The van der Waals surface area contributed by atoms with Crippen LogP contribution in [-0.4, -0.2) is 31.9 Å². The lowest BCUT2D eigenvalue weighted by atomic mass is 10.1. The van der Waals surface area contributed by atoms with Crippen molar-refractivity contribution < 1.29 is 0 Å². The van der Waals surface area contributed by atoms with E-state index in [2.05, 4.69) is 25.4 Å². The Hall–Kier alpha value is -2.02. The Balaban J connectivity index is 2.51. The van der Waals surface area contributed by atoms with Crippen LogP contribution in [0.15, 0.2) is 6.20 Å². The predicted molar refractivity (Wildman–Crippen MR) is 59.3 cm³/mol. The van der Waals surface area contributed by atoms with Crippen LogP contribution in [0.25, 0.3) is 11.4 Å². The number of H-pyrrole nitrogens is 1. The largest absolute Gasteiger partial charge is 0.382 e. The molecule has 2 rings (SSSR count). The number of hydrogen-bond donors (Lipinski definition) is 3. The van der Waals surface area contributed by atoms with Gasteiger partial charge in [0.05, 0.1) is 11.9 Å². The lowest BCUT2D eigenvalue weighted by Gasteiger charge is -2.06. The summed E-state index contributed by atoms with van der Waals surface area (Å²) < 4.78 is 0. The summed E-state index contributed by atoms with van der Waals surface area (Å²) in [6.07, 6.45) is 2.31. The number of aromatic amines is 1. The number of aromatic nitrogens is 5. The molecule has 0 radical (unpaired) electrons. The van der Waals surface area contributed by atoms with Crippen LogP contribution >= 0.6 is 0 Å². The van der Waals surface area contributed by atoms with Gasteiger partial charge in [0.15, 0.2) is 5.82 Å². The number of nitrogens with zero attached hydrogens (tertiary/aromatic N) is 4.